The number of hydrogen-bond acceptors (Lipinski definition) is 2. The maximum absolute atomic E-state index is 13.0. The van der Waals surface area contributed by atoms with Crippen molar-refractivity contribution in [2.75, 3.05) is 6.54 Å². The molecule has 1 aromatic rings. The normalized spacial score (nSPS) is 13.1. The zero-order chi connectivity index (χ0) is 12.3. The molecule has 0 aliphatic rings. The molecular weight excluding hydrogens is 260 g/mol. The molecule has 0 heterocycles. The Balaban J connectivity index is 0.00000256. The summed E-state index contributed by atoms with van der Waals surface area (Å²) in [5.41, 5.74) is 9.88. The van der Waals surface area contributed by atoms with Crippen LogP contribution >= 0.6 is 12.4 Å². The molecule has 1 aromatic carbocycles. The first-order valence-electron chi connectivity index (χ1n) is 4.68. The minimum Gasteiger partial charge on any atom is -0.330 e. The quantitative estimate of drug-likeness (QED) is 0.831. The van der Waals surface area contributed by atoms with Gasteiger partial charge >= 0.3 is 6.18 Å². The molecule has 0 bridgehead atoms. The molecule has 17 heavy (non-hydrogen) atoms. The molecule has 0 aliphatic carbocycles. The molecule has 98 valence electrons. The van der Waals surface area contributed by atoms with Crippen molar-refractivity contribution in [1.82, 2.24) is 0 Å². The van der Waals surface area contributed by atoms with Crippen molar-refractivity contribution in [1.29, 1.82) is 0 Å². The first kappa shape index (κ1) is 16.1. The average Bonchev–Trinajstić information content (AvgIpc) is 2.16. The standard InChI is InChI=1S/C10H12F4N2.ClH/c11-8-4-6(9(16)1-2-15)3-7(5-8)10(12,13)14;/h3-5,9H,1-2,15-16H2;1H/t9-;/m0./s1. The number of halogens is 5. The Labute approximate surface area is 102 Å². The highest BCUT2D eigenvalue weighted by molar-refractivity contribution is 5.85. The van der Waals surface area contributed by atoms with Crippen LogP contribution in [-0.2, 0) is 6.18 Å². The van der Waals surface area contributed by atoms with Crippen molar-refractivity contribution in [3.63, 3.8) is 0 Å². The number of benzene rings is 1. The molecule has 4 N–H and O–H groups in total. The summed E-state index contributed by atoms with van der Waals surface area (Å²) in [7, 11) is 0. The first-order valence-corrected chi connectivity index (χ1v) is 4.68. The minimum atomic E-state index is -4.57. The molecule has 1 atom stereocenters. The van der Waals surface area contributed by atoms with Crippen LogP contribution in [0.1, 0.15) is 23.6 Å². The summed E-state index contributed by atoms with van der Waals surface area (Å²) in [5, 5.41) is 0. The lowest BCUT2D eigenvalue weighted by atomic mass is 10.0. The van der Waals surface area contributed by atoms with E-state index in [9.17, 15) is 17.6 Å². The Kier molecular flexibility index (Phi) is 5.87. The lowest BCUT2D eigenvalue weighted by Crippen LogP contribution is -2.17. The van der Waals surface area contributed by atoms with E-state index in [1.165, 1.54) is 0 Å². The van der Waals surface area contributed by atoms with Gasteiger partial charge in [-0.05, 0) is 36.7 Å². The Bertz CT molecular complexity index is 368. The van der Waals surface area contributed by atoms with Gasteiger partial charge in [0.15, 0.2) is 0 Å². The zero-order valence-corrected chi connectivity index (χ0v) is 9.61. The maximum Gasteiger partial charge on any atom is 0.416 e. The summed E-state index contributed by atoms with van der Waals surface area (Å²) >= 11 is 0. The summed E-state index contributed by atoms with van der Waals surface area (Å²) in [5.74, 6) is -0.947. The van der Waals surface area contributed by atoms with Gasteiger partial charge in [-0.2, -0.15) is 13.2 Å². The Hall–Kier alpha value is -0.850. The number of alkyl halides is 3. The van der Waals surface area contributed by atoms with E-state index in [0.29, 0.717) is 12.5 Å². The van der Waals surface area contributed by atoms with E-state index < -0.39 is 23.6 Å². The van der Waals surface area contributed by atoms with Crippen molar-refractivity contribution in [2.24, 2.45) is 11.5 Å². The molecule has 0 radical (unpaired) electrons. The monoisotopic (exact) mass is 272 g/mol. The molecule has 0 unspecified atom stereocenters. The molecule has 0 saturated carbocycles. The summed E-state index contributed by atoms with van der Waals surface area (Å²) in [6.45, 7) is 0.235. The second-order valence-corrected chi connectivity index (χ2v) is 3.45. The number of rotatable bonds is 3. The lowest BCUT2D eigenvalue weighted by Gasteiger charge is -2.14. The van der Waals surface area contributed by atoms with Crippen LogP contribution in [0.3, 0.4) is 0 Å². The fourth-order valence-electron chi connectivity index (χ4n) is 1.34. The molecule has 0 spiro atoms. The van der Waals surface area contributed by atoms with E-state index in [4.69, 9.17) is 11.5 Å². The molecule has 0 aromatic heterocycles. The third-order valence-electron chi connectivity index (χ3n) is 2.15. The molecule has 0 aliphatic heterocycles. The van der Waals surface area contributed by atoms with Crippen molar-refractivity contribution in [3.8, 4) is 0 Å². The van der Waals surface area contributed by atoms with Gasteiger partial charge in [-0.25, -0.2) is 4.39 Å². The van der Waals surface area contributed by atoms with Gasteiger partial charge in [-0.3, -0.25) is 0 Å². The van der Waals surface area contributed by atoms with Crippen LogP contribution in [0, 0.1) is 5.82 Å². The van der Waals surface area contributed by atoms with Crippen LogP contribution in [0.4, 0.5) is 17.6 Å². The maximum atomic E-state index is 13.0. The lowest BCUT2D eigenvalue weighted by molar-refractivity contribution is -0.137. The van der Waals surface area contributed by atoms with Crippen molar-refractivity contribution >= 4 is 12.4 Å². The molecule has 7 heteroatoms. The van der Waals surface area contributed by atoms with E-state index in [-0.39, 0.29) is 24.5 Å². The molecule has 0 saturated heterocycles. The molecular formula is C10H13ClF4N2. The highest BCUT2D eigenvalue weighted by atomic mass is 35.5. The van der Waals surface area contributed by atoms with Crippen molar-refractivity contribution in [2.45, 2.75) is 18.6 Å². The number of nitrogens with two attached hydrogens (primary N) is 2. The Morgan fingerprint density at radius 1 is 1.18 bits per heavy atom. The van der Waals surface area contributed by atoms with Crippen LogP contribution in [0.5, 0.6) is 0 Å². The predicted octanol–water partition coefficient (Wildman–Crippen LogP) is 2.61. The van der Waals surface area contributed by atoms with Gasteiger partial charge in [0.05, 0.1) is 5.56 Å². The van der Waals surface area contributed by atoms with Crippen LogP contribution in [-0.4, -0.2) is 6.54 Å². The number of hydrogen-bond donors (Lipinski definition) is 2. The second-order valence-electron chi connectivity index (χ2n) is 3.45. The van der Waals surface area contributed by atoms with E-state index in [1.807, 2.05) is 0 Å². The predicted molar refractivity (Wildman–Crippen MR) is 59.2 cm³/mol. The second kappa shape index (κ2) is 6.18. The van der Waals surface area contributed by atoms with Gasteiger partial charge in [0.1, 0.15) is 5.82 Å². The Morgan fingerprint density at radius 3 is 2.24 bits per heavy atom. The smallest absolute Gasteiger partial charge is 0.330 e. The third kappa shape index (κ3) is 4.49. The molecule has 0 amide bonds. The zero-order valence-electron chi connectivity index (χ0n) is 8.80. The van der Waals surface area contributed by atoms with E-state index in [2.05, 4.69) is 0 Å². The molecule has 2 nitrogen and oxygen atoms in total. The van der Waals surface area contributed by atoms with E-state index in [1.54, 1.807) is 0 Å². The highest BCUT2D eigenvalue weighted by Gasteiger charge is 2.31. The Morgan fingerprint density at radius 2 is 1.76 bits per heavy atom. The topological polar surface area (TPSA) is 52.0 Å². The van der Waals surface area contributed by atoms with Gasteiger partial charge < -0.3 is 11.5 Å². The first-order chi connectivity index (χ1) is 7.34. The highest BCUT2D eigenvalue weighted by Crippen LogP contribution is 2.31. The van der Waals surface area contributed by atoms with Crippen molar-refractivity contribution in [3.05, 3.63) is 35.1 Å². The summed E-state index contributed by atoms with van der Waals surface area (Å²) in [6, 6.07) is 1.61. The fourth-order valence-corrected chi connectivity index (χ4v) is 1.34. The summed E-state index contributed by atoms with van der Waals surface area (Å²) in [6.07, 6.45) is -4.26. The molecule has 0 fully saturated rings. The van der Waals surface area contributed by atoms with Crippen LogP contribution in [0.15, 0.2) is 18.2 Å². The van der Waals surface area contributed by atoms with E-state index >= 15 is 0 Å². The van der Waals surface area contributed by atoms with Gasteiger partial charge in [0.25, 0.3) is 0 Å². The van der Waals surface area contributed by atoms with Gasteiger partial charge in [-0.15, -0.1) is 12.4 Å². The molecule has 1 rings (SSSR count). The van der Waals surface area contributed by atoms with Crippen LogP contribution in [0.2, 0.25) is 0 Å². The minimum absolute atomic E-state index is 0. The van der Waals surface area contributed by atoms with Crippen LogP contribution in [0.25, 0.3) is 0 Å². The van der Waals surface area contributed by atoms with Gasteiger partial charge in [0.2, 0.25) is 0 Å². The van der Waals surface area contributed by atoms with E-state index in [0.717, 1.165) is 12.1 Å². The van der Waals surface area contributed by atoms with Gasteiger partial charge in [0, 0.05) is 6.04 Å². The van der Waals surface area contributed by atoms with Gasteiger partial charge in [-0.1, -0.05) is 0 Å². The largest absolute Gasteiger partial charge is 0.416 e. The fraction of sp³-hybridized carbons (Fsp3) is 0.400. The van der Waals surface area contributed by atoms with Crippen molar-refractivity contribution < 1.29 is 17.6 Å². The summed E-state index contributed by atoms with van der Waals surface area (Å²) < 4.78 is 50.1. The third-order valence-corrected chi connectivity index (χ3v) is 2.15. The SMILES string of the molecule is Cl.NCC[C@H](N)c1cc(F)cc(C(F)(F)F)c1. The van der Waals surface area contributed by atoms with Crippen LogP contribution < -0.4 is 11.5 Å². The average molecular weight is 273 g/mol. The summed E-state index contributed by atoms with van der Waals surface area (Å²) in [4.78, 5) is 0.